The maximum Gasteiger partial charge on any atom is 0.262 e. The van der Waals surface area contributed by atoms with E-state index in [1.165, 1.54) is 0 Å². The smallest absolute Gasteiger partial charge is 0.262 e. The largest absolute Gasteiger partial charge is 0.497 e. The van der Waals surface area contributed by atoms with Gasteiger partial charge in [-0.3, -0.25) is 9.36 Å². The molecule has 0 atom stereocenters. The van der Waals surface area contributed by atoms with Gasteiger partial charge in [0.25, 0.3) is 11.4 Å². The Kier molecular flexibility index (Phi) is 4.91. The van der Waals surface area contributed by atoms with E-state index in [9.17, 15) is 4.79 Å². The lowest BCUT2D eigenvalue weighted by Crippen LogP contribution is -2.18. The van der Waals surface area contributed by atoms with Gasteiger partial charge in [0.1, 0.15) is 11.5 Å². The summed E-state index contributed by atoms with van der Waals surface area (Å²) in [7, 11) is 3.18. The highest BCUT2D eigenvalue weighted by Gasteiger charge is 2.18. The zero-order valence-electron chi connectivity index (χ0n) is 17.5. The number of rotatable bonds is 5. The molecule has 0 spiro atoms. The molecule has 0 saturated heterocycles. The zero-order chi connectivity index (χ0) is 22.1. The first kappa shape index (κ1) is 19.6. The number of methoxy groups -OCH3 is 2. The Labute approximate surface area is 183 Å². The van der Waals surface area contributed by atoms with E-state index < -0.39 is 0 Å². The van der Waals surface area contributed by atoms with Crippen molar-refractivity contribution in [2.45, 2.75) is 0 Å². The average Bonchev–Trinajstić information content (AvgIpc) is 3.34. The summed E-state index contributed by atoms with van der Waals surface area (Å²) in [6.45, 7) is 0. The third-order valence-electron chi connectivity index (χ3n) is 5.26. The zero-order valence-corrected chi connectivity index (χ0v) is 17.5. The van der Waals surface area contributed by atoms with Crippen molar-refractivity contribution in [2.24, 2.45) is 0 Å². The SMILES string of the molecule is COc1cccc(-n2cc(-c3nc(-c4ccccc4OC)no3)c3ccccc3c2=O)c1. The maximum absolute atomic E-state index is 13.3. The topological polar surface area (TPSA) is 79.4 Å². The van der Waals surface area contributed by atoms with E-state index in [1.807, 2.05) is 60.7 Å². The number of pyridine rings is 1. The van der Waals surface area contributed by atoms with Crippen LogP contribution in [0.15, 0.2) is 88.3 Å². The molecule has 0 bridgehead atoms. The molecule has 3 aromatic carbocycles. The molecule has 2 heterocycles. The number of para-hydroxylation sites is 1. The van der Waals surface area contributed by atoms with E-state index in [4.69, 9.17) is 14.0 Å². The van der Waals surface area contributed by atoms with Crippen LogP contribution in [-0.4, -0.2) is 28.9 Å². The predicted octanol–water partition coefficient (Wildman–Crippen LogP) is 4.72. The lowest BCUT2D eigenvalue weighted by Gasteiger charge is -2.11. The fraction of sp³-hybridized carbons (Fsp3) is 0.0800. The molecule has 2 aromatic heterocycles. The molecule has 0 fully saturated rings. The Hall–Kier alpha value is -4.39. The Balaban J connectivity index is 1.72. The van der Waals surface area contributed by atoms with Crippen LogP contribution in [0.25, 0.3) is 39.3 Å². The van der Waals surface area contributed by atoms with Crippen molar-refractivity contribution in [1.82, 2.24) is 14.7 Å². The van der Waals surface area contributed by atoms with Crippen LogP contribution >= 0.6 is 0 Å². The Morgan fingerprint density at radius 1 is 0.844 bits per heavy atom. The van der Waals surface area contributed by atoms with E-state index in [0.29, 0.717) is 39.9 Å². The summed E-state index contributed by atoms with van der Waals surface area (Å²) in [5.41, 5.74) is 1.89. The van der Waals surface area contributed by atoms with Gasteiger partial charge in [0, 0.05) is 23.0 Å². The number of hydrogen-bond donors (Lipinski definition) is 0. The van der Waals surface area contributed by atoms with Crippen LogP contribution in [0.4, 0.5) is 0 Å². The van der Waals surface area contributed by atoms with Gasteiger partial charge >= 0.3 is 0 Å². The second-order valence-corrected chi connectivity index (χ2v) is 7.09. The molecular weight excluding hydrogens is 406 g/mol. The molecule has 5 aromatic rings. The van der Waals surface area contributed by atoms with Crippen LogP contribution in [0.5, 0.6) is 11.5 Å². The summed E-state index contributed by atoms with van der Waals surface area (Å²) >= 11 is 0. The highest BCUT2D eigenvalue weighted by Crippen LogP contribution is 2.32. The summed E-state index contributed by atoms with van der Waals surface area (Å²) < 4.78 is 17.9. The summed E-state index contributed by atoms with van der Waals surface area (Å²) in [5.74, 6) is 2.01. The number of benzene rings is 3. The predicted molar refractivity (Wildman–Crippen MR) is 121 cm³/mol. The molecular formula is C25H19N3O4. The molecule has 0 unspecified atom stereocenters. The van der Waals surface area contributed by atoms with Crippen molar-refractivity contribution in [2.75, 3.05) is 14.2 Å². The third-order valence-corrected chi connectivity index (χ3v) is 5.26. The minimum Gasteiger partial charge on any atom is -0.497 e. The van der Waals surface area contributed by atoms with Crippen LogP contribution in [0.3, 0.4) is 0 Å². The Morgan fingerprint density at radius 3 is 2.44 bits per heavy atom. The van der Waals surface area contributed by atoms with Crippen molar-refractivity contribution in [3.63, 3.8) is 0 Å². The molecule has 158 valence electrons. The third kappa shape index (κ3) is 3.30. The summed E-state index contributed by atoms with van der Waals surface area (Å²) in [4.78, 5) is 17.9. The van der Waals surface area contributed by atoms with Crippen molar-refractivity contribution in [3.8, 4) is 40.0 Å². The second kappa shape index (κ2) is 8.03. The van der Waals surface area contributed by atoms with Crippen LogP contribution in [0, 0.1) is 0 Å². The summed E-state index contributed by atoms with van der Waals surface area (Å²) in [5, 5.41) is 5.43. The van der Waals surface area contributed by atoms with Crippen LogP contribution in [0.1, 0.15) is 0 Å². The van der Waals surface area contributed by atoms with E-state index >= 15 is 0 Å². The van der Waals surface area contributed by atoms with Crippen LogP contribution in [0.2, 0.25) is 0 Å². The standard InChI is InChI=1S/C25H19N3O4/c1-30-17-9-7-8-16(14-17)28-15-21(18-10-3-4-11-19(18)25(28)29)24-26-23(27-32-24)20-12-5-6-13-22(20)31-2/h3-15H,1-2H3. The van der Waals surface area contributed by atoms with Gasteiger partial charge in [-0.25, -0.2) is 0 Å². The lowest BCUT2D eigenvalue weighted by molar-refractivity contribution is 0.413. The highest BCUT2D eigenvalue weighted by molar-refractivity contribution is 5.94. The van der Waals surface area contributed by atoms with Crippen molar-refractivity contribution in [1.29, 1.82) is 0 Å². The van der Waals surface area contributed by atoms with Crippen LogP contribution in [-0.2, 0) is 0 Å². The molecule has 5 rings (SSSR count). The van der Waals surface area contributed by atoms with E-state index in [-0.39, 0.29) is 5.56 Å². The second-order valence-electron chi connectivity index (χ2n) is 7.09. The number of ether oxygens (including phenoxy) is 2. The number of fused-ring (bicyclic) bond motifs is 1. The van der Waals surface area contributed by atoms with Gasteiger partial charge in [-0.15, -0.1) is 0 Å². The van der Waals surface area contributed by atoms with Crippen LogP contribution < -0.4 is 15.0 Å². The molecule has 0 amide bonds. The van der Waals surface area contributed by atoms with E-state index in [0.717, 1.165) is 10.9 Å². The number of aromatic nitrogens is 3. The Bertz CT molecular complexity index is 1490. The molecule has 0 aliphatic rings. The fourth-order valence-electron chi connectivity index (χ4n) is 3.69. The van der Waals surface area contributed by atoms with Gasteiger partial charge < -0.3 is 14.0 Å². The fourth-order valence-corrected chi connectivity index (χ4v) is 3.69. The normalized spacial score (nSPS) is 10.9. The maximum atomic E-state index is 13.3. The molecule has 0 saturated carbocycles. The quantitative estimate of drug-likeness (QED) is 0.405. The minimum absolute atomic E-state index is 0.151. The molecule has 0 aliphatic heterocycles. The van der Waals surface area contributed by atoms with E-state index in [2.05, 4.69) is 10.1 Å². The van der Waals surface area contributed by atoms with Gasteiger partial charge in [-0.2, -0.15) is 4.98 Å². The molecule has 32 heavy (non-hydrogen) atoms. The first-order valence-electron chi connectivity index (χ1n) is 9.96. The number of hydrogen-bond acceptors (Lipinski definition) is 6. The molecule has 0 N–H and O–H groups in total. The molecule has 7 heteroatoms. The lowest BCUT2D eigenvalue weighted by atomic mass is 10.1. The van der Waals surface area contributed by atoms with Crippen molar-refractivity contribution < 1.29 is 14.0 Å². The van der Waals surface area contributed by atoms with Gasteiger partial charge in [-0.1, -0.05) is 41.6 Å². The van der Waals surface area contributed by atoms with Gasteiger partial charge in [0.05, 0.1) is 31.0 Å². The van der Waals surface area contributed by atoms with Gasteiger partial charge in [0.15, 0.2) is 0 Å². The van der Waals surface area contributed by atoms with Gasteiger partial charge in [0.2, 0.25) is 5.82 Å². The number of nitrogens with zero attached hydrogens (tertiary/aromatic N) is 3. The molecule has 0 radical (unpaired) electrons. The molecule has 7 nitrogen and oxygen atoms in total. The first-order chi connectivity index (χ1) is 15.7. The summed E-state index contributed by atoms with van der Waals surface area (Å²) in [6, 6.07) is 22.1. The van der Waals surface area contributed by atoms with Gasteiger partial charge in [-0.05, 0) is 30.3 Å². The average molecular weight is 425 g/mol. The van der Waals surface area contributed by atoms with Crippen molar-refractivity contribution >= 4 is 10.8 Å². The van der Waals surface area contributed by atoms with E-state index in [1.54, 1.807) is 37.1 Å². The highest BCUT2D eigenvalue weighted by atomic mass is 16.5. The van der Waals surface area contributed by atoms with Crippen molar-refractivity contribution in [3.05, 3.63) is 89.3 Å². The Morgan fingerprint density at radius 2 is 1.62 bits per heavy atom. The molecule has 0 aliphatic carbocycles. The minimum atomic E-state index is -0.151. The first-order valence-corrected chi connectivity index (χ1v) is 9.96. The monoisotopic (exact) mass is 425 g/mol. The summed E-state index contributed by atoms with van der Waals surface area (Å²) in [6.07, 6.45) is 1.72.